The largest absolute Gasteiger partial charge is 0.479 e. The molecule has 0 atom stereocenters. The molecule has 8 heteroatoms. The molecule has 1 aromatic rings. The highest BCUT2D eigenvalue weighted by molar-refractivity contribution is 8.22. The van der Waals surface area contributed by atoms with Gasteiger partial charge in [-0.15, -0.1) is 0 Å². The van der Waals surface area contributed by atoms with Gasteiger partial charge in [-0.25, -0.2) is 4.98 Å². The maximum Gasteiger partial charge on any atom is 0.224 e. The lowest BCUT2D eigenvalue weighted by Gasteiger charge is -2.09. The van der Waals surface area contributed by atoms with Crippen molar-refractivity contribution in [2.75, 3.05) is 6.61 Å². The number of rotatable bonds is 2. The summed E-state index contributed by atoms with van der Waals surface area (Å²) < 4.78 is 5.34. The molecule has 0 aliphatic rings. The van der Waals surface area contributed by atoms with E-state index in [1.54, 1.807) is 6.92 Å². The molecule has 1 rings (SSSR count). The summed E-state index contributed by atoms with van der Waals surface area (Å²) in [5, 5.41) is 9.14. The SMILES string of the molecule is CCOC(=S)Sc1c(Cl)c(Cl)nc(Cl)c1C#N. The number of hydrogen-bond donors (Lipinski definition) is 0. The molecule has 0 aromatic carbocycles. The van der Waals surface area contributed by atoms with E-state index in [-0.39, 0.29) is 25.3 Å². The molecule has 3 nitrogen and oxygen atoms in total. The van der Waals surface area contributed by atoms with E-state index in [4.69, 9.17) is 57.0 Å². The predicted molar refractivity (Wildman–Crippen MR) is 74.1 cm³/mol. The molecule has 0 aliphatic heterocycles. The second kappa shape index (κ2) is 6.62. The van der Waals surface area contributed by atoms with Gasteiger partial charge in [0.05, 0.1) is 16.5 Å². The average molecular weight is 328 g/mol. The Hall–Kier alpha value is -0.250. The summed E-state index contributed by atoms with van der Waals surface area (Å²) in [4.78, 5) is 4.10. The van der Waals surface area contributed by atoms with Crippen LogP contribution < -0.4 is 0 Å². The van der Waals surface area contributed by atoms with E-state index in [1.807, 2.05) is 6.07 Å². The van der Waals surface area contributed by atoms with E-state index in [0.717, 1.165) is 11.8 Å². The number of ether oxygens (including phenoxy) is 1. The molecule has 1 aromatic heterocycles. The molecule has 0 radical (unpaired) electrons. The Kier molecular flexibility index (Phi) is 5.77. The van der Waals surface area contributed by atoms with Crippen LogP contribution in [0.25, 0.3) is 0 Å². The molecule has 0 aliphatic carbocycles. The molecule has 90 valence electrons. The van der Waals surface area contributed by atoms with E-state index in [9.17, 15) is 0 Å². The van der Waals surface area contributed by atoms with Gasteiger partial charge in [-0.3, -0.25) is 0 Å². The molecular formula is C9H5Cl3N2OS2. The maximum atomic E-state index is 8.98. The molecule has 0 fully saturated rings. The van der Waals surface area contributed by atoms with Gasteiger partial charge in [0.2, 0.25) is 4.38 Å². The first-order valence-corrected chi connectivity index (χ1v) is 6.66. The molecule has 0 spiro atoms. The molecule has 0 saturated carbocycles. The van der Waals surface area contributed by atoms with Crippen molar-refractivity contribution < 1.29 is 4.74 Å². The lowest BCUT2D eigenvalue weighted by molar-refractivity contribution is 0.346. The highest BCUT2D eigenvalue weighted by Crippen LogP contribution is 2.38. The number of nitriles is 1. The van der Waals surface area contributed by atoms with E-state index in [0.29, 0.717) is 11.5 Å². The van der Waals surface area contributed by atoms with E-state index >= 15 is 0 Å². The monoisotopic (exact) mass is 326 g/mol. The average Bonchev–Trinajstić information content (AvgIpc) is 2.26. The van der Waals surface area contributed by atoms with Crippen LogP contribution in [0.2, 0.25) is 15.3 Å². The summed E-state index contributed by atoms with van der Waals surface area (Å²) >= 11 is 23.5. The third-order valence-corrected chi connectivity index (χ3v) is 3.96. The summed E-state index contributed by atoms with van der Waals surface area (Å²) in [6, 6.07) is 1.91. The molecule has 0 saturated heterocycles. The van der Waals surface area contributed by atoms with E-state index < -0.39 is 0 Å². The van der Waals surface area contributed by atoms with Gasteiger partial charge in [-0.1, -0.05) is 34.8 Å². The number of halogens is 3. The van der Waals surface area contributed by atoms with Gasteiger partial charge in [-0.2, -0.15) is 5.26 Å². The van der Waals surface area contributed by atoms with Crippen LogP contribution in [-0.4, -0.2) is 16.0 Å². The Morgan fingerprint density at radius 1 is 1.47 bits per heavy atom. The fourth-order valence-electron chi connectivity index (χ4n) is 0.912. The minimum atomic E-state index is -0.0105. The van der Waals surface area contributed by atoms with Crippen LogP contribution in [0.4, 0.5) is 0 Å². The van der Waals surface area contributed by atoms with E-state index in [2.05, 4.69) is 4.98 Å². The lowest BCUT2D eigenvalue weighted by atomic mass is 10.3. The van der Waals surface area contributed by atoms with Gasteiger partial charge in [0.1, 0.15) is 16.8 Å². The zero-order chi connectivity index (χ0) is 13.0. The van der Waals surface area contributed by atoms with Crippen molar-refractivity contribution in [3.63, 3.8) is 0 Å². The van der Waals surface area contributed by atoms with Gasteiger partial charge in [0.15, 0.2) is 5.15 Å². The first-order valence-electron chi connectivity index (χ1n) is 4.30. The van der Waals surface area contributed by atoms with Crippen molar-refractivity contribution in [3.05, 3.63) is 20.9 Å². The summed E-state index contributed by atoms with van der Waals surface area (Å²) in [6.45, 7) is 2.23. The molecule has 0 N–H and O–H groups in total. The number of nitrogens with zero attached hydrogens (tertiary/aromatic N) is 2. The highest BCUT2D eigenvalue weighted by atomic mass is 35.5. The van der Waals surface area contributed by atoms with Crippen molar-refractivity contribution in [2.24, 2.45) is 0 Å². The molecular weight excluding hydrogens is 323 g/mol. The Morgan fingerprint density at radius 3 is 2.65 bits per heavy atom. The number of aromatic nitrogens is 1. The number of hydrogen-bond acceptors (Lipinski definition) is 5. The minimum Gasteiger partial charge on any atom is -0.479 e. The van der Waals surface area contributed by atoms with Gasteiger partial charge in [0, 0.05) is 0 Å². The van der Waals surface area contributed by atoms with Gasteiger partial charge >= 0.3 is 0 Å². The van der Waals surface area contributed by atoms with Crippen LogP contribution in [0.1, 0.15) is 12.5 Å². The van der Waals surface area contributed by atoms with Crippen molar-refractivity contribution in [2.45, 2.75) is 11.8 Å². The van der Waals surface area contributed by atoms with Gasteiger partial charge in [-0.05, 0) is 30.9 Å². The van der Waals surface area contributed by atoms with Crippen LogP contribution >= 0.6 is 58.8 Å². The molecule has 1 heterocycles. The van der Waals surface area contributed by atoms with Crippen molar-refractivity contribution in [3.8, 4) is 6.07 Å². The normalized spacial score (nSPS) is 9.82. The molecule has 17 heavy (non-hydrogen) atoms. The maximum absolute atomic E-state index is 8.98. The number of thiocarbonyl (C=S) groups is 1. The third kappa shape index (κ3) is 3.60. The quantitative estimate of drug-likeness (QED) is 0.460. The smallest absolute Gasteiger partial charge is 0.224 e. The molecule has 0 amide bonds. The second-order valence-electron chi connectivity index (χ2n) is 2.61. The van der Waals surface area contributed by atoms with Crippen LogP contribution in [-0.2, 0) is 4.74 Å². The summed E-state index contributed by atoms with van der Waals surface area (Å²) in [6.07, 6.45) is 0. The first-order chi connectivity index (χ1) is 8.01. The zero-order valence-electron chi connectivity index (χ0n) is 8.46. The van der Waals surface area contributed by atoms with Crippen LogP contribution in [0.3, 0.4) is 0 Å². The molecule has 0 unspecified atom stereocenters. The lowest BCUT2D eigenvalue weighted by Crippen LogP contribution is -1.98. The van der Waals surface area contributed by atoms with Gasteiger partial charge < -0.3 is 4.74 Å². The fraction of sp³-hybridized carbons (Fsp3) is 0.222. The Bertz CT molecular complexity index is 502. The number of thioether (sulfide) groups is 1. The highest BCUT2D eigenvalue weighted by Gasteiger charge is 2.19. The Labute approximate surface area is 123 Å². The standard InChI is InChI=1S/C9H5Cl3N2OS2/c1-2-15-9(16)17-6-4(3-13)7(11)14-8(12)5(6)10/h2H2,1H3. The van der Waals surface area contributed by atoms with Gasteiger partial charge in [0.25, 0.3) is 0 Å². The van der Waals surface area contributed by atoms with Crippen molar-refractivity contribution in [1.82, 2.24) is 4.98 Å². The minimum absolute atomic E-state index is 0.0105. The second-order valence-corrected chi connectivity index (χ2v) is 5.31. The van der Waals surface area contributed by atoms with E-state index in [1.165, 1.54) is 0 Å². The van der Waals surface area contributed by atoms with Crippen LogP contribution in [0, 0.1) is 11.3 Å². The number of pyridine rings is 1. The van der Waals surface area contributed by atoms with Crippen LogP contribution in [0.5, 0.6) is 0 Å². The van der Waals surface area contributed by atoms with Crippen molar-refractivity contribution in [1.29, 1.82) is 5.26 Å². The molecule has 0 bridgehead atoms. The zero-order valence-corrected chi connectivity index (χ0v) is 12.4. The first kappa shape index (κ1) is 14.8. The summed E-state index contributed by atoms with van der Waals surface area (Å²) in [5.74, 6) is 0. The van der Waals surface area contributed by atoms with Crippen molar-refractivity contribution >= 4 is 63.2 Å². The summed E-state index contributed by atoms with van der Waals surface area (Å²) in [7, 11) is 0. The predicted octanol–water partition coefficient (Wildman–Crippen LogP) is 4.33. The topological polar surface area (TPSA) is 45.9 Å². The Balaban J connectivity index is 3.22. The Morgan fingerprint density at radius 2 is 2.12 bits per heavy atom. The van der Waals surface area contributed by atoms with Crippen LogP contribution in [0.15, 0.2) is 4.90 Å². The third-order valence-electron chi connectivity index (χ3n) is 1.57. The summed E-state index contributed by atoms with van der Waals surface area (Å²) in [5.41, 5.74) is 0.133. The fourth-order valence-corrected chi connectivity index (χ4v) is 2.86.